The lowest BCUT2D eigenvalue weighted by atomic mass is 9.90. The fourth-order valence-corrected chi connectivity index (χ4v) is 2.84. The number of ether oxygens (including phenoxy) is 1. The summed E-state index contributed by atoms with van der Waals surface area (Å²) in [6.07, 6.45) is 0. The van der Waals surface area contributed by atoms with Crippen LogP contribution in [-0.2, 0) is 4.74 Å². The van der Waals surface area contributed by atoms with Gasteiger partial charge in [-0.15, -0.1) is 0 Å². The van der Waals surface area contributed by atoms with E-state index in [-0.39, 0.29) is 0 Å². The van der Waals surface area contributed by atoms with Gasteiger partial charge in [0.1, 0.15) is 0 Å². The Labute approximate surface area is 133 Å². The summed E-state index contributed by atoms with van der Waals surface area (Å²) >= 11 is 0. The molecule has 0 unspecified atom stereocenters. The van der Waals surface area contributed by atoms with Gasteiger partial charge in [-0.05, 0) is 34.4 Å². The summed E-state index contributed by atoms with van der Waals surface area (Å²) in [6.45, 7) is 0. The van der Waals surface area contributed by atoms with E-state index in [0.29, 0.717) is 11.1 Å². The Kier molecular flexibility index (Phi) is 3.05. The first-order valence-corrected chi connectivity index (χ1v) is 7.29. The van der Waals surface area contributed by atoms with Gasteiger partial charge in [-0.3, -0.25) is 0 Å². The van der Waals surface area contributed by atoms with Crippen molar-refractivity contribution in [1.29, 1.82) is 0 Å². The van der Waals surface area contributed by atoms with Crippen molar-refractivity contribution in [3.8, 4) is 22.3 Å². The second kappa shape index (κ2) is 5.21. The average Bonchev–Trinajstić information content (AvgIpc) is 2.89. The zero-order valence-electron chi connectivity index (χ0n) is 12.2. The quantitative estimate of drug-likeness (QED) is 0.522. The van der Waals surface area contributed by atoms with Gasteiger partial charge in [-0.25, -0.2) is 9.59 Å². The minimum Gasteiger partial charge on any atom is -0.386 e. The zero-order valence-corrected chi connectivity index (χ0v) is 12.2. The maximum Gasteiger partial charge on any atom is 0.346 e. The van der Waals surface area contributed by atoms with Crippen LogP contribution in [0.25, 0.3) is 22.3 Å². The van der Waals surface area contributed by atoms with Gasteiger partial charge in [-0.1, -0.05) is 60.7 Å². The third kappa shape index (κ3) is 2.23. The van der Waals surface area contributed by atoms with Crippen LogP contribution in [0.15, 0.2) is 72.8 Å². The van der Waals surface area contributed by atoms with Gasteiger partial charge in [-0.2, -0.15) is 0 Å². The number of benzene rings is 3. The van der Waals surface area contributed by atoms with E-state index < -0.39 is 11.9 Å². The molecular formula is C20H12O3. The molecule has 0 N–H and O–H groups in total. The van der Waals surface area contributed by atoms with Gasteiger partial charge in [0.05, 0.1) is 11.1 Å². The predicted octanol–water partition coefficient (Wildman–Crippen LogP) is 4.33. The van der Waals surface area contributed by atoms with Gasteiger partial charge < -0.3 is 4.74 Å². The normalized spacial score (nSPS) is 12.9. The van der Waals surface area contributed by atoms with E-state index in [2.05, 4.69) is 0 Å². The van der Waals surface area contributed by atoms with Crippen molar-refractivity contribution >= 4 is 11.9 Å². The molecule has 0 radical (unpaired) electrons. The van der Waals surface area contributed by atoms with Crippen molar-refractivity contribution in [3.05, 3.63) is 83.9 Å². The summed E-state index contributed by atoms with van der Waals surface area (Å²) in [5, 5.41) is 0. The molecule has 0 saturated carbocycles. The van der Waals surface area contributed by atoms with E-state index in [4.69, 9.17) is 4.74 Å². The fourth-order valence-electron chi connectivity index (χ4n) is 2.84. The van der Waals surface area contributed by atoms with Gasteiger partial charge in [0, 0.05) is 0 Å². The Morgan fingerprint density at radius 3 is 1.30 bits per heavy atom. The Bertz CT molecular complexity index is 836. The number of esters is 2. The molecule has 0 amide bonds. The highest BCUT2D eigenvalue weighted by Gasteiger charge is 2.31. The van der Waals surface area contributed by atoms with E-state index in [1.54, 1.807) is 12.1 Å². The summed E-state index contributed by atoms with van der Waals surface area (Å²) in [4.78, 5) is 23.7. The van der Waals surface area contributed by atoms with E-state index in [1.807, 2.05) is 60.7 Å². The number of fused-ring (bicyclic) bond motifs is 1. The number of carbonyl (C=O) groups is 2. The molecule has 0 spiro atoms. The lowest BCUT2D eigenvalue weighted by molar-refractivity contribution is 0.0444. The highest BCUT2D eigenvalue weighted by molar-refractivity contribution is 6.16. The highest BCUT2D eigenvalue weighted by atomic mass is 16.6. The average molecular weight is 300 g/mol. The summed E-state index contributed by atoms with van der Waals surface area (Å²) in [5.74, 6) is -1.16. The maximum atomic E-state index is 11.9. The van der Waals surface area contributed by atoms with Crippen LogP contribution in [0.1, 0.15) is 20.7 Å². The molecule has 4 rings (SSSR count). The first-order chi connectivity index (χ1) is 11.2. The predicted molar refractivity (Wildman–Crippen MR) is 87.1 cm³/mol. The zero-order chi connectivity index (χ0) is 15.8. The lowest BCUT2D eigenvalue weighted by Gasteiger charge is -2.11. The summed E-state index contributed by atoms with van der Waals surface area (Å²) < 4.78 is 4.74. The molecule has 0 aromatic heterocycles. The Hall–Kier alpha value is -3.20. The number of hydrogen-bond donors (Lipinski definition) is 0. The largest absolute Gasteiger partial charge is 0.386 e. The smallest absolute Gasteiger partial charge is 0.346 e. The number of carbonyl (C=O) groups excluding carboxylic acids is 2. The molecule has 3 aromatic rings. The second-order valence-electron chi connectivity index (χ2n) is 5.35. The molecule has 23 heavy (non-hydrogen) atoms. The number of rotatable bonds is 2. The van der Waals surface area contributed by atoms with Crippen LogP contribution in [0.2, 0.25) is 0 Å². The Morgan fingerprint density at radius 1 is 0.522 bits per heavy atom. The first kappa shape index (κ1) is 13.5. The van der Waals surface area contributed by atoms with Crippen molar-refractivity contribution in [3.63, 3.8) is 0 Å². The molecular weight excluding hydrogens is 288 g/mol. The molecule has 110 valence electrons. The highest BCUT2D eigenvalue weighted by Crippen LogP contribution is 2.36. The number of cyclic esters (lactones) is 2. The third-order valence-electron chi connectivity index (χ3n) is 3.95. The summed E-state index contributed by atoms with van der Waals surface area (Å²) in [5.41, 5.74) is 4.44. The molecule has 0 bridgehead atoms. The Morgan fingerprint density at radius 2 is 0.913 bits per heavy atom. The minimum absolute atomic E-state index is 0.327. The van der Waals surface area contributed by atoms with Crippen molar-refractivity contribution < 1.29 is 14.3 Å². The van der Waals surface area contributed by atoms with Crippen molar-refractivity contribution in [2.24, 2.45) is 0 Å². The van der Waals surface area contributed by atoms with Gasteiger partial charge in [0.25, 0.3) is 0 Å². The van der Waals surface area contributed by atoms with Crippen molar-refractivity contribution in [2.75, 3.05) is 0 Å². The monoisotopic (exact) mass is 300 g/mol. The van der Waals surface area contributed by atoms with Crippen LogP contribution in [0.4, 0.5) is 0 Å². The summed E-state index contributed by atoms with van der Waals surface area (Å²) in [6, 6.07) is 23.1. The van der Waals surface area contributed by atoms with E-state index in [1.165, 1.54) is 0 Å². The fraction of sp³-hybridized carbons (Fsp3) is 0. The van der Waals surface area contributed by atoms with E-state index in [0.717, 1.165) is 22.3 Å². The molecule has 0 aliphatic carbocycles. The van der Waals surface area contributed by atoms with Crippen LogP contribution >= 0.6 is 0 Å². The van der Waals surface area contributed by atoms with Crippen LogP contribution < -0.4 is 0 Å². The van der Waals surface area contributed by atoms with Crippen LogP contribution in [0, 0.1) is 0 Å². The van der Waals surface area contributed by atoms with Crippen molar-refractivity contribution in [2.45, 2.75) is 0 Å². The van der Waals surface area contributed by atoms with Crippen molar-refractivity contribution in [1.82, 2.24) is 0 Å². The second-order valence-corrected chi connectivity index (χ2v) is 5.35. The lowest BCUT2D eigenvalue weighted by Crippen LogP contribution is -1.96. The first-order valence-electron chi connectivity index (χ1n) is 7.29. The molecule has 0 saturated heterocycles. The molecule has 1 aliphatic heterocycles. The standard InChI is InChI=1S/C20H12O3/c21-19-17-11-15(13-7-3-1-4-8-13)16(12-18(17)20(22)23-19)14-9-5-2-6-10-14/h1-12H. The molecule has 1 heterocycles. The van der Waals surface area contributed by atoms with E-state index >= 15 is 0 Å². The third-order valence-corrected chi connectivity index (χ3v) is 3.95. The summed E-state index contributed by atoms with van der Waals surface area (Å²) in [7, 11) is 0. The van der Waals surface area contributed by atoms with Crippen LogP contribution in [0.5, 0.6) is 0 Å². The van der Waals surface area contributed by atoms with E-state index in [9.17, 15) is 9.59 Å². The molecule has 1 aliphatic rings. The SMILES string of the molecule is O=C1OC(=O)c2cc(-c3ccccc3)c(-c3ccccc3)cc21. The maximum absolute atomic E-state index is 11.9. The van der Waals surface area contributed by atoms with Gasteiger partial charge >= 0.3 is 11.9 Å². The molecule has 0 fully saturated rings. The molecule has 3 aromatic carbocycles. The van der Waals surface area contributed by atoms with Gasteiger partial charge in [0.15, 0.2) is 0 Å². The topological polar surface area (TPSA) is 43.4 Å². The Balaban J connectivity index is 2.02. The van der Waals surface area contributed by atoms with Gasteiger partial charge in [0.2, 0.25) is 0 Å². The molecule has 3 nitrogen and oxygen atoms in total. The number of hydrogen-bond acceptors (Lipinski definition) is 3. The molecule has 0 atom stereocenters. The molecule has 3 heteroatoms. The van der Waals surface area contributed by atoms with Crippen LogP contribution in [0.3, 0.4) is 0 Å². The minimum atomic E-state index is -0.582. The van der Waals surface area contributed by atoms with Crippen LogP contribution in [-0.4, -0.2) is 11.9 Å².